The van der Waals surface area contributed by atoms with Gasteiger partial charge < -0.3 is 15.1 Å². The molecule has 6 heteroatoms. The van der Waals surface area contributed by atoms with E-state index in [1.54, 1.807) is 22.1 Å². The monoisotopic (exact) mass is 290 g/mol. The standard InChI is InChI=1S/C15H22N4O2/c1-3-12(2)17-13-4-5-16-14(10-13)15(21)19-8-6-18(11-20)7-9-19/h4-5,10-12H,3,6-9H2,1-2H3,(H,16,17). The molecule has 0 aliphatic carbocycles. The molecular weight excluding hydrogens is 268 g/mol. The van der Waals surface area contributed by atoms with Crippen LogP contribution in [0.3, 0.4) is 0 Å². The van der Waals surface area contributed by atoms with E-state index in [9.17, 15) is 9.59 Å². The Morgan fingerprint density at radius 2 is 2.14 bits per heavy atom. The lowest BCUT2D eigenvalue weighted by Gasteiger charge is -2.32. The number of hydrogen-bond acceptors (Lipinski definition) is 4. The molecule has 0 saturated carbocycles. The number of amides is 2. The SMILES string of the molecule is CCC(C)Nc1ccnc(C(=O)N2CCN(C=O)CC2)c1. The molecule has 1 saturated heterocycles. The van der Waals surface area contributed by atoms with Crippen molar-refractivity contribution in [2.24, 2.45) is 0 Å². The Morgan fingerprint density at radius 3 is 2.76 bits per heavy atom. The molecule has 2 amide bonds. The molecule has 0 spiro atoms. The van der Waals surface area contributed by atoms with Gasteiger partial charge in [0.15, 0.2) is 0 Å². The van der Waals surface area contributed by atoms with Gasteiger partial charge in [-0.1, -0.05) is 6.92 Å². The molecule has 6 nitrogen and oxygen atoms in total. The highest BCUT2D eigenvalue weighted by Gasteiger charge is 2.22. The molecule has 1 atom stereocenters. The van der Waals surface area contributed by atoms with E-state index in [-0.39, 0.29) is 5.91 Å². The first-order valence-corrected chi connectivity index (χ1v) is 7.35. The Morgan fingerprint density at radius 1 is 1.43 bits per heavy atom. The summed E-state index contributed by atoms with van der Waals surface area (Å²) in [5.74, 6) is -0.0756. The third kappa shape index (κ3) is 3.93. The van der Waals surface area contributed by atoms with Gasteiger partial charge in [-0.15, -0.1) is 0 Å². The fraction of sp³-hybridized carbons (Fsp3) is 0.533. The van der Waals surface area contributed by atoms with Gasteiger partial charge in [-0.3, -0.25) is 14.6 Å². The first-order chi connectivity index (χ1) is 10.1. The Balaban J connectivity index is 2.02. The predicted octanol–water partition coefficient (Wildman–Crippen LogP) is 1.21. The van der Waals surface area contributed by atoms with Crippen LogP contribution in [0.5, 0.6) is 0 Å². The van der Waals surface area contributed by atoms with E-state index in [0.29, 0.717) is 37.9 Å². The molecule has 21 heavy (non-hydrogen) atoms. The lowest BCUT2D eigenvalue weighted by Crippen LogP contribution is -2.48. The summed E-state index contributed by atoms with van der Waals surface area (Å²) >= 11 is 0. The number of pyridine rings is 1. The zero-order chi connectivity index (χ0) is 15.2. The summed E-state index contributed by atoms with van der Waals surface area (Å²) in [6, 6.07) is 4.01. The zero-order valence-corrected chi connectivity index (χ0v) is 12.6. The van der Waals surface area contributed by atoms with E-state index in [1.807, 2.05) is 6.07 Å². The first kappa shape index (κ1) is 15.3. The molecule has 1 aromatic rings. The number of hydrogen-bond donors (Lipinski definition) is 1. The summed E-state index contributed by atoms with van der Waals surface area (Å²) in [5.41, 5.74) is 1.36. The molecule has 0 radical (unpaired) electrons. The van der Waals surface area contributed by atoms with Crippen LogP contribution in [0.4, 0.5) is 5.69 Å². The Labute approximate surface area is 125 Å². The molecule has 2 rings (SSSR count). The number of nitrogens with one attached hydrogen (secondary N) is 1. The molecule has 0 aromatic carbocycles. The van der Waals surface area contributed by atoms with Gasteiger partial charge in [-0.05, 0) is 25.5 Å². The average Bonchev–Trinajstić information content (AvgIpc) is 2.54. The number of carbonyl (C=O) groups excluding carboxylic acids is 2. The maximum atomic E-state index is 12.4. The van der Waals surface area contributed by atoms with Crippen molar-refractivity contribution in [3.8, 4) is 0 Å². The van der Waals surface area contributed by atoms with Gasteiger partial charge in [-0.25, -0.2) is 0 Å². The van der Waals surface area contributed by atoms with E-state index in [2.05, 4.69) is 24.1 Å². The first-order valence-electron chi connectivity index (χ1n) is 7.35. The number of aromatic nitrogens is 1. The lowest BCUT2D eigenvalue weighted by molar-refractivity contribution is -0.119. The van der Waals surface area contributed by atoms with Crippen LogP contribution in [0, 0.1) is 0 Å². The van der Waals surface area contributed by atoms with Gasteiger partial charge >= 0.3 is 0 Å². The molecule has 114 valence electrons. The second kappa shape index (κ2) is 7.06. The maximum Gasteiger partial charge on any atom is 0.272 e. The average molecular weight is 290 g/mol. The summed E-state index contributed by atoms with van der Waals surface area (Å²) in [7, 11) is 0. The van der Waals surface area contributed by atoms with Crippen molar-refractivity contribution >= 4 is 18.0 Å². The molecule has 1 aromatic heterocycles. The molecule has 2 heterocycles. The van der Waals surface area contributed by atoms with Crippen LogP contribution in [0.1, 0.15) is 30.8 Å². The third-order valence-corrected chi connectivity index (χ3v) is 3.76. The van der Waals surface area contributed by atoms with E-state index in [4.69, 9.17) is 0 Å². The fourth-order valence-corrected chi connectivity index (χ4v) is 2.22. The molecule has 1 unspecified atom stereocenters. The smallest absolute Gasteiger partial charge is 0.272 e. The molecule has 1 aliphatic heterocycles. The number of nitrogens with zero attached hydrogens (tertiary/aromatic N) is 3. The molecule has 1 fully saturated rings. The van der Waals surface area contributed by atoms with Crippen LogP contribution in [0.2, 0.25) is 0 Å². The highest BCUT2D eigenvalue weighted by atomic mass is 16.2. The van der Waals surface area contributed by atoms with E-state index in [1.165, 1.54) is 0 Å². The fourth-order valence-electron chi connectivity index (χ4n) is 2.22. The predicted molar refractivity (Wildman–Crippen MR) is 81.2 cm³/mol. The van der Waals surface area contributed by atoms with Crippen molar-refractivity contribution in [1.82, 2.24) is 14.8 Å². The Hall–Kier alpha value is -2.11. The molecular formula is C15H22N4O2. The van der Waals surface area contributed by atoms with E-state index in [0.717, 1.165) is 18.5 Å². The number of piperazine rings is 1. The maximum absolute atomic E-state index is 12.4. The number of anilines is 1. The van der Waals surface area contributed by atoms with Crippen molar-refractivity contribution in [2.45, 2.75) is 26.3 Å². The molecule has 1 aliphatic rings. The van der Waals surface area contributed by atoms with Crippen LogP contribution < -0.4 is 5.32 Å². The van der Waals surface area contributed by atoms with Crippen LogP contribution >= 0.6 is 0 Å². The van der Waals surface area contributed by atoms with E-state index < -0.39 is 0 Å². The summed E-state index contributed by atoms with van der Waals surface area (Å²) in [6.07, 6.45) is 3.50. The third-order valence-electron chi connectivity index (χ3n) is 3.76. The van der Waals surface area contributed by atoms with Crippen LogP contribution in [0.25, 0.3) is 0 Å². The van der Waals surface area contributed by atoms with Crippen molar-refractivity contribution in [3.05, 3.63) is 24.0 Å². The number of carbonyl (C=O) groups is 2. The zero-order valence-electron chi connectivity index (χ0n) is 12.6. The van der Waals surface area contributed by atoms with E-state index >= 15 is 0 Å². The molecule has 1 N–H and O–H groups in total. The van der Waals surface area contributed by atoms with Crippen molar-refractivity contribution in [3.63, 3.8) is 0 Å². The van der Waals surface area contributed by atoms with Crippen LogP contribution in [0.15, 0.2) is 18.3 Å². The van der Waals surface area contributed by atoms with Gasteiger partial charge in [0.1, 0.15) is 5.69 Å². The summed E-state index contributed by atoms with van der Waals surface area (Å²) in [6.45, 7) is 6.49. The minimum absolute atomic E-state index is 0.0756. The lowest BCUT2D eigenvalue weighted by atomic mass is 10.2. The summed E-state index contributed by atoms with van der Waals surface area (Å²) in [5, 5.41) is 3.34. The highest BCUT2D eigenvalue weighted by molar-refractivity contribution is 5.93. The minimum Gasteiger partial charge on any atom is -0.382 e. The second-order valence-corrected chi connectivity index (χ2v) is 5.32. The van der Waals surface area contributed by atoms with Gasteiger partial charge in [0.05, 0.1) is 0 Å². The Bertz CT molecular complexity index is 498. The largest absolute Gasteiger partial charge is 0.382 e. The summed E-state index contributed by atoms with van der Waals surface area (Å²) in [4.78, 5) is 30.7. The van der Waals surface area contributed by atoms with Gasteiger partial charge in [0.25, 0.3) is 5.91 Å². The van der Waals surface area contributed by atoms with Crippen molar-refractivity contribution < 1.29 is 9.59 Å². The summed E-state index contributed by atoms with van der Waals surface area (Å²) < 4.78 is 0. The van der Waals surface area contributed by atoms with Crippen molar-refractivity contribution in [1.29, 1.82) is 0 Å². The van der Waals surface area contributed by atoms with Crippen LogP contribution in [-0.2, 0) is 4.79 Å². The van der Waals surface area contributed by atoms with Gasteiger partial charge in [-0.2, -0.15) is 0 Å². The van der Waals surface area contributed by atoms with Gasteiger partial charge in [0, 0.05) is 44.1 Å². The molecule has 0 bridgehead atoms. The second-order valence-electron chi connectivity index (χ2n) is 5.32. The highest BCUT2D eigenvalue weighted by Crippen LogP contribution is 2.13. The van der Waals surface area contributed by atoms with Crippen LogP contribution in [-0.4, -0.2) is 59.3 Å². The quantitative estimate of drug-likeness (QED) is 0.828. The normalized spacial score (nSPS) is 16.5. The number of rotatable bonds is 5. The minimum atomic E-state index is -0.0756. The van der Waals surface area contributed by atoms with Gasteiger partial charge in [0.2, 0.25) is 6.41 Å². The topological polar surface area (TPSA) is 65.5 Å². The van der Waals surface area contributed by atoms with Crippen molar-refractivity contribution in [2.75, 3.05) is 31.5 Å². The Kier molecular flexibility index (Phi) is 5.14.